The van der Waals surface area contributed by atoms with Gasteiger partial charge in [0.15, 0.2) is 5.69 Å². The van der Waals surface area contributed by atoms with E-state index in [9.17, 15) is 9.59 Å². The van der Waals surface area contributed by atoms with Gasteiger partial charge in [-0.1, -0.05) is 25.1 Å². The number of nitrogens with zero attached hydrogens (tertiary/aromatic N) is 2. The highest BCUT2D eigenvalue weighted by atomic mass is 35.5. The summed E-state index contributed by atoms with van der Waals surface area (Å²) in [7, 11) is 1.66. The zero-order chi connectivity index (χ0) is 14.5. The second kappa shape index (κ2) is 7.40. The number of rotatable bonds is 4. The quantitative estimate of drug-likeness (QED) is 0.696. The van der Waals surface area contributed by atoms with Gasteiger partial charge in [0, 0.05) is 36.6 Å². The number of allylic oxidation sites excluding steroid dienone is 1. The molecule has 1 N–H and O–H groups in total. The Morgan fingerprint density at radius 1 is 1.38 bits per heavy atom. The van der Waals surface area contributed by atoms with E-state index in [4.69, 9.17) is 11.6 Å². The average Bonchev–Trinajstić information content (AvgIpc) is 2.45. The van der Waals surface area contributed by atoms with Gasteiger partial charge < -0.3 is 5.32 Å². The summed E-state index contributed by atoms with van der Waals surface area (Å²) in [6.07, 6.45) is 4.19. The molecule has 1 heterocycles. The minimum atomic E-state index is -0.458. The van der Waals surface area contributed by atoms with Crippen molar-refractivity contribution in [1.29, 1.82) is 0 Å². The molecule has 1 aromatic heterocycles. The van der Waals surface area contributed by atoms with Gasteiger partial charge in [-0.2, -0.15) is 5.10 Å². The smallest absolute Gasteiger partial charge is 0.211 e. The highest BCUT2D eigenvalue weighted by Crippen LogP contribution is 2.13. The third kappa shape index (κ3) is 4.03. The highest BCUT2D eigenvalue weighted by molar-refractivity contribution is 6.30. The molecule has 0 aliphatic carbocycles. The van der Waals surface area contributed by atoms with E-state index in [0.29, 0.717) is 10.7 Å². The van der Waals surface area contributed by atoms with Crippen molar-refractivity contribution in [3.63, 3.8) is 0 Å². The van der Waals surface area contributed by atoms with Crippen molar-refractivity contribution in [3.8, 4) is 5.69 Å². The maximum Gasteiger partial charge on any atom is 0.211 e. The van der Waals surface area contributed by atoms with Crippen LogP contribution in [0, 0.1) is 0 Å². The predicted octanol–water partition coefficient (Wildman–Crippen LogP) is 2.44. The first kappa shape index (κ1) is 16.7. The Balaban J connectivity index is 0.00000220. The molecule has 5 nitrogen and oxygen atoms in total. The van der Waals surface area contributed by atoms with Crippen molar-refractivity contribution in [3.05, 3.63) is 69.7 Å². The minimum absolute atomic E-state index is 0. The Morgan fingerprint density at radius 2 is 2.14 bits per heavy atom. The van der Waals surface area contributed by atoms with E-state index in [1.54, 1.807) is 31.3 Å². The first-order valence-electron chi connectivity index (χ1n) is 5.86. The molecule has 0 saturated heterocycles. The zero-order valence-corrected chi connectivity index (χ0v) is 11.5. The Morgan fingerprint density at radius 3 is 2.81 bits per heavy atom. The second-order valence-corrected chi connectivity index (χ2v) is 4.38. The lowest BCUT2D eigenvalue weighted by molar-refractivity contribution is 0.103. The number of halogens is 1. The lowest BCUT2D eigenvalue weighted by Gasteiger charge is -2.06. The van der Waals surface area contributed by atoms with E-state index >= 15 is 0 Å². The topological polar surface area (TPSA) is 64.0 Å². The number of carbonyl (C=O) groups is 1. The van der Waals surface area contributed by atoms with E-state index < -0.39 is 11.2 Å². The third-order valence-corrected chi connectivity index (χ3v) is 2.75. The predicted molar refractivity (Wildman–Crippen MR) is 84.1 cm³/mol. The van der Waals surface area contributed by atoms with E-state index in [2.05, 4.69) is 10.4 Å². The van der Waals surface area contributed by atoms with Crippen molar-refractivity contribution >= 4 is 17.4 Å². The summed E-state index contributed by atoms with van der Waals surface area (Å²) >= 11 is 5.91. The molecule has 2 rings (SSSR count). The van der Waals surface area contributed by atoms with E-state index in [-0.39, 0.29) is 13.1 Å². The van der Waals surface area contributed by atoms with Crippen LogP contribution >= 0.6 is 11.6 Å². The van der Waals surface area contributed by atoms with Crippen molar-refractivity contribution in [2.24, 2.45) is 0 Å². The summed E-state index contributed by atoms with van der Waals surface area (Å²) in [6.45, 7) is 0. The Hall–Kier alpha value is -2.40. The molecule has 0 aliphatic rings. The summed E-state index contributed by atoms with van der Waals surface area (Å²) in [6, 6.07) is 8.27. The maximum atomic E-state index is 11.8. The Labute approximate surface area is 127 Å². The van der Waals surface area contributed by atoms with Crippen molar-refractivity contribution in [2.75, 3.05) is 7.05 Å². The number of nitrogens with one attached hydrogen (secondary N) is 1. The van der Waals surface area contributed by atoms with Crippen LogP contribution in [0.1, 0.15) is 17.9 Å². The van der Waals surface area contributed by atoms with Gasteiger partial charge >= 0.3 is 0 Å². The highest BCUT2D eigenvalue weighted by Gasteiger charge is 2.10. The molecule has 0 radical (unpaired) electrons. The molecular weight excluding hydrogens is 290 g/mol. The van der Waals surface area contributed by atoms with Gasteiger partial charge in [-0.3, -0.25) is 9.59 Å². The Kier molecular flexibility index (Phi) is 5.87. The van der Waals surface area contributed by atoms with Gasteiger partial charge in [0.2, 0.25) is 11.2 Å². The summed E-state index contributed by atoms with van der Waals surface area (Å²) in [5.41, 5.74) is 0.108. The largest absolute Gasteiger partial charge is 0.394 e. The van der Waals surface area contributed by atoms with Crippen molar-refractivity contribution in [1.82, 2.24) is 15.1 Å². The van der Waals surface area contributed by atoms with Gasteiger partial charge in [-0.15, -0.1) is 0 Å². The van der Waals surface area contributed by atoms with Crippen LogP contribution in [0.5, 0.6) is 0 Å². The van der Waals surface area contributed by atoms with Crippen LogP contribution < -0.4 is 10.7 Å². The van der Waals surface area contributed by atoms with Gasteiger partial charge in [0.1, 0.15) is 0 Å². The fourth-order valence-electron chi connectivity index (χ4n) is 1.58. The minimum Gasteiger partial charge on any atom is -0.394 e. The van der Waals surface area contributed by atoms with E-state index in [1.807, 2.05) is 0 Å². The molecule has 0 spiro atoms. The van der Waals surface area contributed by atoms with Crippen molar-refractivity contribution < 1.29 is 4.79 Å². The molecule has 1 aromatic carbocycles. The molecule has 0 bridgehead atoms. The lowest BCUT2D eigenvalue weighted by Crippen LogP contribution is -2.19. The number of hydrogen-bond acceptors (Lipinski definition) is 4. The molecule has 0 unspecified atom stereocenters. The molecule has 0 fully saturated rings. The molecule has 21 heavy (non-hydrogen) atoms. The van der Waals surface area contributed by atoms with Crippen LogP contribution in [0.4, 0.5) is 0 Å². The number of hydrogen-bond donors (Lipinski definition) is 1. The van der Waals surface area contributed by atoms with Gasteiger partial charge in [-0.25, -0.2) is 4.68 Å². The van der Waals surface area contributed by atoms with Gasteiger partial charge in [-0.05, 0) is 18.2 Å². The molecule has 2 aromatic rings. The van der Waals surface area contributed by atoms with Crippen LogP contribution in [0.15, 0.2) is 53.6 Å². The molecule has 0 saturated carbocycles. The molecule has 0 atom stereocenters. The average molecular weight is 306 g/mol. The van der Waals surface area contributed by atoms with E-state index in [0.717, 1.165) is 0 Å². The third-order valence-electron chi connectivity index (χ3n) is 2.52. The fourth-order valence-corrected chi connectivity index (χ4v) is 1.76. The number of aromatic nitrogens is 2. The van der Waals surface area contributed by atoms with Crippen LogP contribution in [-0.2, 0) is 0 Å². The standard InChI is InChI=1S/C14H12ClN3O2.CH4/c1-16-7-5-12(19)14-13(20)6-8-18(17-14)11-4-2-3-10(15)9-11;/h2-9,16H,1H3;1H4. The first-order chi connectivity index (χ1) is 9.61. The van der Waals surface area contributed by atoms with Gasteiger partial charge in [0.05, 0.1) is 5.69 Å². The second-order valence-electron chi connectivity index (χ2n) is 3.94. The normalized spacial score (nSPS) is 10.2. The monoisotopic (exact) mass is 305 g/mol. The summed E-state index contributed by atoms with van der Waals surface area (Å²) in [4.78, 5) is 23.5. The number of ketones is 1. The summed E-state index contributed by atoms with van der Waals surface area (Å²) < 4.78 is 1.44. The summed E-state index contributed by atoms with van der Waals surface area (Å²) in [5.74, 6) is -0.458. The zero-order valence-electron chi connectivity index (χ0n) is 10.7. The molecular formula is C15H16ClN3O2. The van der Waals surface area contributed by atoms with Gasteiger partial charge in [0.25, 0.3) is 0 Å². The van der Waals surface area contributed by atoms with Crippen LogP contribution in [0.25, 0.3) is 5.69 Å². The lowest BCUT2D eigenvalue weighted by atomic mass is 10.2. The molecule has 6 heteroatoms. The molecule has 0 aliphatic heterocycles. The van der Waals surface area contributed by atoms with Crippen LogP contribution in [0.3, 0.4) is 0 Å². The number of benzene rings is 1. The number of carbonyl (C=O) groups excluding carboxylic acids is 1. The fraction of sp³-hybridized carbons (Fsp3) is 0.133. The first-order valence-corrected chi connectivity index (χ1v) is 6.23. The summed E-state index contributed by atoms with van der Waals surface area (Å²) in [5, 5.41) is 7.29. The molecule has 0 amide bonds. The Bertz CT molecular complexity index is 723. The maximum absolute atomic E-state index is 11.8. The van der Waals surface area contributed by atoms with Crippen LogP contribution in [0.2, 0.25) is 5.02 Å². The van der Waals surface area contributed by atoms with Crippen LogP contribution in [-0.4, -0.2) is 22.6 Å². The molecule has 110 valence electrons. The SMILES string of the molecule is C.CNC=CC(=O)c1nn(-c2cccc(Cl)c2)ccc1=O. The van der Waals surface area contributed by atoms with Crippen molar-refractivity contribution in [2.45, 2.75) is 7.43 Å². The van der Waals surface area contributed by atoms with E-state index in [1.165, 1.54) is 29.2 Å².